The van der Waals surface area contributed by atoms with Gasteiger partial charge in [0.05, 0.1) is 6.61 Å². The molecule has 0 bridgehead atoms. The van der Waals surface area contributed by atoms with Crippen molar-refractivity contribution in [2.45, 2.75) is 52.2 Å². The van der Waals surface area contributed by atoms with Crippen LogP contribution in [0.5, 0.6) is 0 Å². The number of likely N-dealkylation sites (tertiary alicyclic amines) is 1. The number of aliphatic carboxylic acids is 1. The van der Waals surface area contributed by atoms with Gasteiger partial charge in [0.2, 0.25) is 0 Å². The van der Waals surface area contributed by atoms with E-state index in [4.69, 9.17) is 9.94 Å². The van der Waals surface area contributed by atoms with E-state index in [1.54, 1.807) is 0 Å². The molecule has 2 rings (SSSR count). The van der Waals surface area contributed by atoms with Crippen LogP contribution >= 0.6 is 0 Å². The molecule has 1 unspecified atom stereocenters. The van der Waals surface area contributed by atoms with Crippen LogP contribution in [0.3, 0.4) is 0 Å². The quantitative estimate of drug-likeness (QED) is 0.835. The van der Waals surface area contributed by atoms with Crippen molar-refractivity contribution in [3.63, 3.8) is 0 Å². The zero-order valence-corrected chi connectivity index (χ0v) is 13.8. The van der Waals surface area contributed by atoms with Crippen molar-refractivity contribution in [2.24, 2.45) is 0 Å². The first-order valence-electron chi connectivity index (χ1n) is 8.05. The zero-order chi connectivity index (χ0) is 17.1. The lowest BCUT2D eigenvalue weighted by atomic mass is 10.0. The minimum absolute atomic E-state index is 0.248. The number of carbonyl (C=O) groups excluding carboxylic acids is 1. The number of nitrogens with one attached hydrogen (secondary N) is 1. The third kappa shape index (κ3) is 6.69. The number of hydroxylamine groups is 1. The van der Waals surface area contributed by atoms with Gasteiger partial charge in [-0.3, -0.25) is 4.84 Å². The Balaban J connectivity index is 0.000000816. The number of carboxylic acids is 1. The van der Waals surface area contributed by atoms with Gasteiger partial charge in [0.25, 0.3) is 0 Å². The molecule has 0 radical (unpaired) electrons. The SMILES string of the molecule is CCC.O=C(O)C1CCCCN1C(=O)NOCc1ccccc1. The third-order valence-electron chi connectivity index (χ3n) is 3.29. The van der Waals surface area contributed by atoms with Gasteiger partial charge in [0.1, 0.15) is 6.04 Å². The van der Waals surface area contributed by atoms with E-state index in [0.717, 1.165) is 18.4 Å². The molecule has 0 aromatic heterocycles. The summed E-state index contributed by atoms with van der Waals surface area (Å²) in [7, 11) is 0. The summed E-state index contributed by atoms with van der Waals surface area (Å²) >= 11 is 0. The molecule has 2 amide bonds. The van der Waals surface area contributed by atoms with Crippen LogP contribution < -0.4 is 5.48 Å². The van der Waals surface area contributed by atoms with Crippen LogP contribution in [-0.4, -0.2) is 34.6 Å². The number of hydrogen-bond acceptors (Lipinski definition) is 3. The van der Waals surface area contributed by atoms with Crippen molar-refractivity contribution in [3.05, 3.63) is 35.9 Å². The molecule has 1 saturated heterocycles. The molecule has 1 atom stereocenters. The maximum atomic E-state index is 11.9. The highest BCUT2D eigenvalue weighted by Crippen LogP contribution is 2.17. The van der Waals surface area contributed by atoms with Crippen molar-refractivity contribution < 1.29 is 19.5 Å². The van der Waals surface area contributed by atoms with Gasteiger partial charge in [0, 0.05) is 6.54 Å². The molecule has 2 N–H and O–H groups in total. The summed E-state index contributed by atoms with van der Waals surface area (Å²) in [5.74, 6) is -0.970. The first-order chi connectivity index (χ1) is 11.1. The number of carbonyl (C=O) groups is 2. The lowest BCUT2D eigenvalue weighted by molar-refractivity contribution is -0.143. The highest BCUT2D eigenvalue weighted by molar-refractivity contribution is 5.82. The van der Waals surface area contributed by atoms with E-state index in [1.165, 1.54) is 11.3 Å². The molecule has 128 valence electrons. The standard InChI is InChI=1S/C14H18N2O4.C3H8/c17-13(18)12-8-4-5-9-16(12)14(19)15-20-10-11-6-2-1-3-7-11;1-3-2/h1-3,6-7,12H,4-5,8-10H2,(H,15,19)(H,17,18);3H2,1-2H3. The normalized spacial score (nSPS) is 17.0. The second kappa shape index (κ2) is 10.6. The van der Waals surface area contributed by atoms with Crippen LogP contribution in [0.15, 0.2) is 30.3 Å². The van der Waals surface area contributed by atoms with Gasteiger partial charge in [-0.2, -0.15) is 0 Å². The summed E-state index contributed by atoms with van der Waals surface area (Å²) in [6, 6.07) is 8.17. The maximum Gasteiger partial charge on any atom is 0.342 e. The highest BCUT2D eigenvalue weighted by Gasteiger charge is 2.31. The number of benzene rings is 1. The second-order valence-corrected chi connectivity index (χ2v) is 5.43. The molecule has 1 fully saturated rings. The summed E-state index contributed by atoms with van der Waals surface area (Å²) < 4.78 is 0. The summed E-state index contributed by atoms with van der Waals surface area (Å²) in [5, 5.41) is 9.10. The average Bonchev–Trinajstić information content (AvgIpc) is 2.56. The van der Waals surface area contributed by atoms with E-state index < -0.39 is 18.0 Å². The molecule has 0 aliphatic carbocycles. The van der Waals surface area contributed by atoms with E-state index in [2.05, 4.69) is 19.3 Å². The molecule has 1 aliphatic heterocycles. The van der Waals surface area contributed by atoms with Crippen LogP contribution in [0.25, 0.3) is 0 Å². The number of urea groups is 1. The maximum absolute atomic E-state index is 11.9. The number of nitrogens with zero attached hydrogens (tertiary/aromatic N) is 1. The van der Waals surface area contributed by atoms with Crippen molar-refractivity contribution in [3.8, 4) is 0 Å². The van der Waals surface area contributed by atoms with E-state index >= 15 is 0 Å². The highest BCUT2D eigenvalue weighted by atomic mass is 16.7. The van der Waals surface area contributed by atoms with Crippen molar-refractivity contribution >= 4 is 12.0 Å². The Morgan fingerprint density at radius 1 is 1.26 bits per heavy atom. The Kier molecular flexibility index (Phi) is 8.75. The fourth-order valence-electron chi connectivity index (χ4n) is 2.25. The predicted molar refractivity (Wildman–Crippen MR) is 87.7 cm³/mol. The van der Waals surface area contributed by atoms with E-state index in [0.29, 0.717) is 13.0 Å². The van der Waals surface area contributed by atoms with Crippen LogP contribution in [0.2, 0.25) is 0 Å². The molecule has 1 heterocycles. The van der Waals surface area contributed by atoms with Crippen LogP contribution in [0.1, 0.15) is 45.1 Å². The van der Waals surface area contributed by atoms with Gasteiger partial charge < -0.3 is 10.0 Å². The molecule has 1 aromatic rings. The van der Waals surface area contributed by atoms with Gasteiger partial charge in [-0.1, -0.05) is 50.6 Å². The number of amides is 2. The average molecular weight is 322 g/mol. The van der Waals surface area contributed by atoms with E-state index in [9.17, 15) is 9.59 Å². The molecule has 1 aliphatic rings. The van der Waals surface area contributed by atoms with Crippen LogP contribution in [-0.2, 0) is 16.2 Å². The Labute approximate surface area is 137 Å². The Morgan fingerprint density at radius 3 is 2.52 bits per heavy atom. The lowest BCUT2D eigenvalue weighted by Gasteiger charge is -2.32. The Hall–Kier alpha value is -2.08. The Morgan fingerprint density at radius 2 is 1.91 bits per heavy atom. The molecule has 6 heteroatoms. The molecule has 1 aromatic carbocycles. The van der Waals surface area contributed by atoms with E-state index in [-0.39, 0.29) is 6.61 Å². The third-order valence-corrected chi connectivity index (χ3v) is 3.29. The van der Waals surface area contributed by atoms with Gasteiger partial charge >= 0.3 is 12.0 Å². The Bertz CT molecular complexity index is 479. The fraction of sp³-hybridized carbons (Fsp3) is 0.529. The number of rotatable bonds is 4. The second-order valence-electron chi connectivity index (χ2n) is 5.43. The summed E-state index contributed by atoms with van der Waals surface area (Å²) in [6.07, 6.45) is 3.38. The molecule has 6 nitrogen and oxygen atoms in total. The van der Waals surface area contributed by atoms with Gasteiger partial charge in [-0.05, 0) is 24.8 Å². The molecular weight excluding hydrogens is 296 g/mol. The molecule has 23 heavy (non-hydrogen) atoms. The number of hydrogen-bond donors (Lipinski definition) is 2. The first kappa shape index (κ1) is 19.0. The topological polar surface area (TPSA) is 78.9 Å². The summed E-state index contributed by atoms with van der Waals surface area (Å²) in [5.41, 5.74) is 3.24. The van der Waals surface area contributed by atoms with Crippen molar-refractivity contribution in [1.29, 1.82) is 0 Å². The van der Waals surface area contributed by atoms with Crippen LogP contribution in [0, 0.1) is 0 Å². The minimum atomic E-state index is -0.970. The summed E-state index contributed by atoms with van der Waals surface area (Å²) in [4.78, 5) is 29.5. The smallest absolute Gasteiger partial charge is 0.342 e. The zero-order valence-electron chi connectivity index (χ0n) is 13.8. The van der Waals surface area contributed by atoms with Crippen molar-refractivity contribution in [2.75, 3.05) is 6.54 Å². The largest absolute Gasteiger partial charge is 0.480 e. The summed E-state index contributed by atoms with van der Waals surface area (Å²) in [6.45, 7) is 4.94. The van der Waals surface area contributed by atoms with Gasteiger partial charge in [0.15, 0.2) is 0 Å². The monoisotopic (exact) mass is 322 g/mol. The molecular formula is C17H26N2O4. The predicted octanol–water partition coefficient (Wildman–Crippen LogP) is 3.18. The van der Waals surface area contributed by atoms with E-state index in [1.807, 2.05) is 30.3 Å². The lowest BCUT2D eigenvalue weighted by Crippen LogP contribution is -2.51. The fourth-order valence-corrected chi connectivity index (χ4v) is 2.25. The van der Waals surface area contributed by atoms with Crippen molar-refractivity contribution in [1.82, 2.24) is 10.4 Å². The van der Waals surface area contributed by atoms with Gasteiger partial charge in [-0.25, -0.2) is 15.1 Å². The van der Waals surface area contributed by atoms with Crippen LogP contribution in [0.4, 0.5) is 4.79 Å². The van der Waals surface area contributed by atoms with Gasteiger partial charge in [-0.15, -0.1) is 0 Å². The first-order valence-corrected chi connectivity index (χ1v) is 8.05. The molecule has 0 saturated carbocycles. The minimum Gasteiger partial charge on any atom is -0.480 e. The molecule has 0 spiro atoms. The number of piperidine rings is 1. The number of carboxylic acid groups (broad SMARTS) is 1.